The van der Waals surface area contributed by atoms with E-state index >= 15 is 0 Å². The molecule has 5 heteroatoms. The van der Waals surface area contributed by atoms with E-state index in [0.717, 1.165) is 43.6 Å². The van der Waals surface area contributed by atoms with Crippen molar-refractivity contribution in [1.29, 1.82) is 0 Å². The number of benzene rings is 1. The molecule has 2 amide bonds. The van der Waals surface area contributed by atoms with E-state index in [1.807, 2.05) is 24.0 Å². The van der Waals surface area contributed by atoms with E-state index in [2.05, 4.69) is 23.6 Å². The molecule has 5 nitrogen and oxygen atoms in total. The second-order valence-electron chi connectivity index (χ2n) is 5.68. The summed E-state index contributed by atoms with van der Waals surface area (Å²) in [4.78, 5) is 25.6. The zero-order chi connectivity index (χ0) is 15.9. The van der Waals surface area contributed by atoms with Crippen molar-refractivity contribution >= 4 is 17.5 Å². The van der Waals surface area contributed by atoms with Crippen molar-refractivity contribution in [2.24, 2.45) is 0 Å². The molecule has 1 aliphatic rings. The van der Waals surface area contributed by atoms with Crippen LogP contribution in [0.5, 0.6) is 0 Å². The van der Waals surface area contributed by atoms with Crippen molar-refractivity contribution in [1.82, 2.24) is 10.2 Å². The van der Waals surface area contributed by atoms with Crippen LogP contribution in [0.2, 0.25) is 0 Å². The van der Waals surface area contributed by atoms with Gasteiger partial charge in [-0.15, -0.1) is 0 Å². The summed E-state index contributed by atoms with van der Waals surface area (Å²) in [6.45, 7) is 6.02. The van der Waals surface area contributed by atoms with Crippen molar-refractivity contribution in [2.75, 3.05) is 31.5 Å². The molecular weight excluding hydrogens is 278 g/mol. The summed E-state index contributed by atoms with van der Waals surface area (Å²) in [5, 5.41) is 5.88. The van der Waals surface area contributed by atoms with Gasteiger partial charge in [0.15, 0.2) is 0 Å². The Bertz CT molecular complexity index is 537. The number of likely N-dealkylation sites (tertiary alicyclic amines) is 1. The summed E-state index contributed by atoms with van der Waals surface area (Å²) in [6, 6.07) is 6.11. The lowest BCUT2D eigenvalue weighted by atomic mass is 10.1. The fourth-order valence-corrected chi connectivity index (χ4v) is 2.76. The summed E-state index contributed by atoms with van der Waals surface area (Å²) in [6.07, 6.45) is 3.04. The summed E-state index contributed by atoms with van der Waals surface area (Å²) in [7, 11) is 0. The van der Waals surface area contributed by atoms with Crippen LogP contribution in [-0.2, 0) is 16.0 Å². The molecule has 0 atom stereocenters. The molecule has 0 radical (unpaired) electrons. The Labute approximate surface area is 132 Å². The summed E-state index contributed by atoms with van der Waals surface area (Å²) < 4.78 is 0. The molecule has 0 aliphatic carbocycles. The zero-order valence-electron chi connectivity index (χ0n) is 13.4. The fraction of sp³-hybridized carbons (Fsp3) is 0.529. The van der Waals surface area contributed by atoms with Crippen LogP contribution in [-0.4, -0.2) is 42.9 Å². The lowest BCUT2D eigenvalue weighted by Crippen LogP contribution is -2.40. The van der Waals surface area contributed by atoms with E-state index in [1.54, 1.807) is 0 Å². The minimum absolute atomic E-state index is 0.0102. The van der Waals surface area contributed by atoms with Gasteiger partial charge in [0.05, 0.1) is 13.1 Å². The number of rotatable bonds is 6. The third-order valence-corrected chi connectivity index (χ3v) is 4.06. The van der Waals surface area contributed by atoms with E-state index in [-0.39, 0.29) is 24.9 Å². The van der Waals surface area contributed by atoms with Crippen LogP contribution in [0.1, 0.15) is 30.9 Å². The first-order valence-corrected chi connectivity index (χ1v) is 7.98. The van der Waals surface area contributed by atoms with Gasteiger partial charge in [-0.25, -0.2) is 0 Å². The van der Waals surface area contributed by atoms with Gasteiger partial charge in [-0.05, 0) is 37.3 Å². The van der Waals surface area contributed by atoms with Crippen LogP contribution < -0.4 is 10.6 Å². The molecule has 0 spiro atoms. The number of carbonyl (C=O) groups excluding carboxylic acids is 2. The van der Waals surface area contributed by atoms with Crippen molar-refractivity contribution < 1.29 is 9.59 Å². The molecule has 1 heterocycles. The van der Waals surface area contributed by atoms with Gasteiger partial charge < -0.3 is 15.5 Å². The average Bonchev–Trinajstić information content (AvgIpc) is 3.05. The lowest BCUT2D eigenvalue weighted by molar-refractivity contribution is -0.131. The number of hydrogen-bond acceptors (Lipinski definition) is 3. The third kappa shape index (κ3) is 4.23. The predicted octanol–water partition coefficient (Wildman–Crippen LogP) is 1.71. The highest BCUT2D eigenvalue weighted by molar-refractivity contribution is 5.87. The SMILES string of the molecule is CCc1cccc(C)c1NCC(=O)NCC(=O)N1CCCC1. The van der Waals surface area contributed by atoms with Crippen molar-refractivity contribution in [3.8, 4) is 0 Å². The van der Waals surface area contributed by atoms with Crippen LogP contribution in [0.25, 0.3) is 0 Å². The topological polar surface area (TPSA) is 61.4 Å². The van der Waals surface area contributed by atoms with Gasteiger partial charge in [0.25, 0.3) is 0 Å². The van der Waals surface area contributed by atoms with Crippen LogP contribution in [0.4, 0.5) is 5.69 Å². The fourth-order valence-electron chi connectivity index (χ4n) is 2.76. The molecule has 0 aromatic heterocycles. The first-order chi connectivity index (χ1) is 10.6. The molecule has 1 aromatic carbocycles. The zero-order valence-corrected chi connectivity index (χ0v) is 13.4. The Kier molecular flexibility index (Phi) is 5.81. The maximum atomic E-state index is 11.9. The Morgan fingerprint density at radius 1 is 1.18 bits per heavy atom. The normalized spacial score (nSPS) is 14.0. The van der Waals surface area contributed by atoms with Crippen molar-refractivity contribution in [2.45, 2.75) is 33.1 Å². The Hall–Kier alpha value is -2.04. The number of hydrogen-bond donors (Lipinski definition) is 2. The molecule has 0 unspecified atom stereocenters. The summed E-state index contributed by atoms with van der Waals surface area (Å²) in [5.41, 5.74) is 3.34. The Morgan fingerprint density at radius 2 is 1.91 bits per heavy atom. The summed E-state index contributed by atoms with van der Waals surface area (Å²) in [5.74, 6) is -0.145. The van der Waals surface area contributed by atoms with Gasteiger partial charge in [0.2, 0.25) is 11.8 Å². The van der Waals surface area contributed by atoms with Crippen LogP contribution in [0, 0.1) is 6.92 Å². The molecule has 1 aliphatic heterocycles. The van der Waals surface area contributed by atoms with Crippen LogP contribution in [0.15, 0.2) is 18.2 Å². The molecule has 0 saturated carbocycles. The monoisotopic (exact) mass is 303 g/mol. The average molecular weight is 303 g/mol. The van der Waals surface area contributed by atoms with E-state index in [1.165, 1.54) is 5.56 Å². The minimum atomic E-state index is -0.155. The Morgan fingerprint density at radius 3 is 2.59 bits per heavy atom. The molecule has 1 fully saturated rings. The highest BCUT2D eigenvalue weighted by Gasteiger charge is 2.18. The first kappa shape index (κ1) is 16.3. The molecule has 22 heavy (non-hydrogen) atoms. The van der Waals surface area contributed by atoms with E-state index in [4.69, 9.17) is 0 Å². The van der Waals surface area contributed by atoms with Gasteiger partial charge in [0, 0.05) is 18.8 Å². The van der Waals surface area contributed by atoms with E-state index in [0.29, 0.717) is 0 Å². The van der Waals surface area contributed by atoms with Crippen molar-refractivity contribution in [3.05, 3.63) is 29.3 Å². The van der Waals surface area contributed by atoms with E-state index in [9.17, 15) is 9.59 Å². The predicted molar refractivity (Wildman–Crippen MR) is 87.9 cm³/mol. The minimum Gasteiger partial charge on any atom is -0.376 e. The molecule has 1 aromatic rings. The molecule has 2 rings (SSSR count). The summed E-state index contributed by atoms with van der Waals surface area (Å²) >= 11 is 0. The Balaban J connectivity index is 1.79. The number of anilines is 1. The number of nitrogens with zero attached hydrogens (tertiary/aromatic N) is 1. The van der Waals surface area contributed by atoms with Crippen molar-refractivity contribution in [3.63, 3.8) is 0 Å². The molecule has 120 valence electrons. The van der Waals surface area contributed by atoms with Gasteiger partial charge in [-0.1, -0.05) is 25.1 Å². The van der Waals surface area contributed by atoms with Gasteiger partial charge in [-0.2, -0.15) is 0 Å². The molecular formula is C17H25N3O2. The maximum Gasteiger partial charge on any atom is 0.241 e. The smallest absolute Gasteiger partial charge is 0.241 e. The first-order valence-electron chi connectivity index (χ1n) is 7.98. The highest BCUT2D eigenvalue weighted by Crippen LogP contribution is 2.20. The third-order valence-electron chi connectivity index (χ3n) is 4.06. The quantitative estimate of drug-likeness (QED) is 0.841. The van der Waals surface area contributed by atoms with Gasteiger partial charge >= 0.3 is 0 Å². The number of para-hydroxylation sites is 1. The number of aryl methyl sites for hydroxylation is 2. The van der Waals surface area contributed by atoms with Crippen LogP contribution >= 0.6 is 0 Å². The number of amides is 2. The number of carbonyl (C=O) groups is 2. The van der Waals surface area contributed by atoms with Crippen LogP contribution in [0.3, 0.4) is 0 Å². The molecule has 0 bridgehead atoms. The second kappa shape index (κ2) is 7.82. The highest BCUT2D eigenvalue weighted by atomic mass is 16.2. The molecule has 1 saturated heterocycles. The van der Waals surface area contributed by atoms with Gasteiger partial charge in [0.1, 0.15) is 0 Å². The lowest BCUT2D eigenvalue weighted by Gasteiger charge is -2.16. The maximum absolute atomic E-state index is 11.9. The van der Waals surface area contributed by atoms with Gasteiger partial charge in [-0.3, -0.25) is 9.59 Å². The van der Waals surface area contributed by atoms with E-state index < -0.39 is 0 Å². The largest absolute Gasteiger partial charge is 0.376 e. The number of nitrogens with one attached hydrogen (secondary N) is 2. The molecule has 2 N–H and O–H groups in total. The standard InChI is InChI=1S/C17H25N3O2/c1-3-14-8-6-7-13(2)17(14)19-11-15(21)18-12-16(22)20-9-4-5-10-20/h6-8,19H,3-5,9-12H2,1-2H3,(H,18,21). The second-order valence-corrected chi connectivity index (χ2v) is 5.68.